The number of amides is 6. The number of carboxylic acids is 3. The van der Waals surface area contributed by atoms with Gasteiger partial charge >= 0.3 is 17.9 Å². The lowest BCUT2D eigenvalue weighted by molar-refractivity contribution is -0.143. The number of carbonyl (C=O) groups excluding carboxylic acids is 9. The Kier molecular flexibility index (Phi) is 40.3. The first kappa shape index (κ1) is 82.6. The van der Waals surface area contributed by atoms with E-state index < -0.39 is 303 Å². The molecule has 0 aromatic rings. The molecule has 89 heavy (non-hydrogen) atoms. The van der Waals surface area contributed by atoms with Crippen molar-refractivity contribution >= 4 is 70.7 Å². The van der Waals surface area contributed by atoms with Crippen molar-refractivity contribution in [2.75, 3.05) is 39.5 Å². The van der Waals surface area contributed by atoms with E-state index in [0.29, 0.717) is 0 Å². The molecule has 0 rings (SSSR count). The third kappa shape index (κ3) is 31.8. The Morgan fingerprint density at radius 1 is 0.348 bits per heavy atom. The van der Waals surface area contributed by atoms with Crippen molar-refractivity contribution in [3.63, 3.8) is 0 Å². The molecular weight excluding hydrogens is 1200 g/mol. The van der Waals surface area contributed by atoms with Gasteiger partial charge in [-0.15, -0.1) is 0 Å². The van der Waals surface area contributed by atoms with Crippen LogP contribution in [0.4, 0.5) is 0 Å². The molecule has 0 saturated heterocycles. The number of aliphatic carboxylic acids is 3. The molecule has 24 N–H and O–H groups in total. The van der Waals surface area contributed by atoms with Crippen LogP contribution >= 0.6 is 0 Å². The Morgan fingerprint density at radius 2 is 0.618 bits per heavy atom. The van der Waals surface area contributed by atoms with Crippen molar-refractivity contribution in [1.29, 1.82) is 0 Å². The van der Waals surface area contributed by atoms with E-state index in [9.17, 15) is 134 Å². The minimum Gasteiger partial charge on any atom is -0.481 e. The van der Waals surface area contributed by atoms with Crippen LogP contribution in [0.25, 0.3) is 0 Å². The zero-order valence-electron chi connectivity index (χ0n) is 49.2. The molecule has 0 radical (unpaired) electrons. The Hall–Kier alpha value is -6.36. The van der Waals surface area contributed by atoms with Gasteiger partial charge < -0.3 is 124 Å². The van der Waals surface area contributed by atoms with Gasteiger partial charge in [-0.25, -0.2) is 4.79 Å². The molecule has 36 heteroatoms. The first-order valence-electron chi connectivity index (χ1n) is 28.5. The van der Waals surface area contributed by atoms with Gasteiger partial charge in [0, 0.05) is 95.2 Å². The fraction of sp³-hybridized carbons (Fsp3) is 0.774. The summed E-state index contributed by atoms with van der Waals surface area (Å²) < 4.78 is 0. The van der Waals surface area contributed by atoms with Gasteiger partial charge in [-0.1, -0.05) is 13.8 Å². The summed E-state index contributed by atoms with van der Waals surface area (Å²) in [6.07, 6.45) is -34.0. The van der Waals surface area contributed by atoms with Gasteiger partial charge in [-0.05, 0) is 38.5 Å². The average Bonchev–Trinajstić information content (AvgIpc) is 2.58. The third-order valence-electron chi connectivity index (χ3n) is 14.3. The number of ketones is 3. The number of hydrogen-bond acceptors (Lipinski definition) is 27. The highest BCUT2D eigenvalue weighted by molar-refractivity contribution is 5.97. The summed E-state index contributed by atoms with van der Waals surface area (Å²) in [6.45, 7) is -2.62. The van der Waals surface area contributed by atoms with Crippen LogP contribution in [0.15, 0.2) is 0 Å². The molecule has 0 aliphatic heterocycles. The Bertz CT molecular complexity index is 2280. The molecular formula is C53H90N6O30. The summed E-state index contributed by atoms with van der Waals surface area (Å²) in [6, 6.07) is -5.32. The number of aliphatic hydroxyl groups excluding tert-OH is 15. The van der Waals surface area contributed by atoms with E-state index in [2.05, 4.69) is 31.9 Å². The van der Waals surface area contributed by atoms with E-state index in [1.54, 1.807) is 0 Å². The Balaban J connectivity index is 7.25. The van der Waals surface area contributed by atoms with Crippen molar-refractivity contribution in [3.8, 4) is 0 Å². The molecule has 0 fully saturated rings. The molecule has 6 amide bonds. The van der Waals surface area contributed by atoms with Crippen molar-refractivity contribution in [3.05, 3.63) is 0 Å². The summed E-state index contributed by atoms with van der Waals surface area (Å²) in [5.74, 6) is -18.8. The number of nitrogens with one attached hydrogen (secondary N) is 6. The first-order valence-corrected chi connectivity index (χ1v) is 28.5. The lowest BCUT2D eigenvalue weighted by atomic mass is 9.89. The predicted octanol–water partition coefficient (Wildman–Crippen LogP) is -10.2. The van der Waals surface area contributed by atoms with Crippen LogP contribution in [0.1, 0.15) is 110 Å². The highest BCUT2D eigenvalue weighted by atomic mass is 16.4. The number of aliphatic hydroxyl groups is 15. The number of hydrogen-bond donors (Lipinski definition) is 24. The highest BCUT2D eigenvalue weighted by Crippen LogP contribution is 2.22. The molecule has 0 aromatic heterocycles. The summed E-state index contributed by atoms with van der Waals surface area (Å²) in [4.78, 5) is 158. The number of carboxylic acid groups (broad SMARTS) is 3. The fourth-order valence-electron chi connectivity index (χ4n) is 8.43. The maximum Gasteiger partial charge on any atom is 0.326 e. The Labute approximate surface area is 509 Å². The van der Waals surface area contributed by atoms with Crippen LogP contribution in [0.3, 0.4) is 0 Å². The summed E-state index contributed by atoms with van der Waals surface area (Å²) in [5, 5.41) is 189. The van der Waals surface area contributed by atoms with Crippen LogP contribution in [0, 0.1) is 17.8 Å². The first-order chi connectivity index (χ1) is 41.6. The van der Waals surface area contributed by atoms with Crippen molar-refractivity contribution in [2.45, 2.75) is 202 Å². The minimum atomic E-state index is -2.15. The molecule has 0 bridgehead atoms. The monoisotopic (exact) mass is 1290 g/mol. The second kappa shape index (κ2) is 43.4. The van der Waals surface area contributed by atoms with Crippen LogP contribution in [-0.2, 0) is 57.5 Å². The molecule has 0 spiro atoms. The normalized spacial score (nSPS) is 17.6. The molecule has 0 aliphatic carbocycles. The second-order valence-electron chi connectivity index (χ2n) is 21.2. The molecule has 18 atom stereocenters. The molecule has 0 unspecified atom stereocenters. The maximum absolute atomic E-state index is 14.4. The van der Waals surface area contributed by atoms with Gasteiger partial charge in [0.2, 0.25) is 35.4 Å². The van der Waals surface area contributed by atoms with Gasteiger partial charge in [0.1, 0.15) is 66.8 Å². The van der Waals surface area contributed by atoms with Gasteiger partial charge in [0.05, 0.1) is 50.2 Å². The predicted molar refractivity (Wildman–Crippen MR) is 297 cm³/mol. The fourth-order valence-corrected chi connectivity index (χ4v) is 8.43. The van der Waals surface area contributed by atoms with Gasteiger partial charge in [0.25, 0.3) is 0 Å². The van der Waals surface area contributed by atoms with E-state index in [1.807, 2.05) is 0 Å². The number of carbonyl (C=O) groups is 12. The summed E-state index contributed by atoms with van der Waals surface area (Å²) in [7, 11) is 0. The zero-order valence-corrected chi connectivity index (χ0v) is 49.2. The van der Waals surface area contributed by atoms with Gasteiger partial charge in [-0.2, -0.15) is 0 Å². The van der Waals surface area contributed by atoms with E-state index in [1.165, 1.54) is 13.8 Å². The highest BCUT2D eigenvalue weighted by Gasteiger charge is 2.37. The molecule has 0 saturated carbocycles. The molecule has 0 aliphatic rings. The van der Waals surface area contributed by atoms with Crippen molar-refractivity contribution in [1.82, 2.24) is 31.9 Å². The van der Waals surface area contributed by atoms with Crippen LogP contribution < -0.4 is 31.9 Å². The van der Waals surface area contributed by atoms with Crippen molar-refractivity contribution < 1.29 is 149 Å². The van der Waals surface area contributed by atoms with E-state index in [-0.39, 0.29) is 12.8 Å². The van der Waals surface area contributed by atoms with E-state index in [4.69, 9.17) is 15.3 Å². The lowest BCUT2D eigenvalue weighted by Crippen LogP contribution is -2.50. The molecule has 0 heterocycles. The smallest absolute Gasteiger partial charge is 0.326 e. The van der Waals surface area contributed by atoms with E-state index >= 15 is 0 Å². The largest absolute Gasteiger partial charge is 0.481 e. The van der Waals surface area contributed by atoms with Crippen LogP contribution in [0.5, 0.6) is 0 Å². The van der Waals surface area contributed by atoms with Crippen LogP contribution in [0.2, 0.25) is 0 Å². The molecule has 36 nitrogen and oxygen atoms in total. The maximum atomic E-state index is 14.4. The summed E-state index contributed by atoms with van der Waals surface area (Å²) in [5.41, 5.74) is 0. The topological polar surface area (TPSA) is 641 Å². The van der Waals surface area contributed by atoms with E-state index in [0.717, 1.165) is 0 Å². The number of Topliss-reactive ketones (excluding diaryl/α,β-unsaturated/α-hetero) is 3. The lowest BCUT2D eigenvalue weighted by Gasteiger charge is -2.26. The molecule has 512 valence electrons. The average molecular weight is 1290 g/mol. The molecule has 0 aromatic carbocycles. The van der Waals surface area contributed by atoms with Gasteiger partial charge in [0.15, 0.2) is 11.6 Å². The quantitative estimate of drug-likeness (QED) is 0.0269. The van der Waals surface area contributed by atoms with Gasteiger partial charge in [-0.3, -0.25) is 52.7 Å². The number of rotatable bonds is 50. The SMILES string of the molecule is CCC(=O)C[C@@H](CCC(=O)NC[C@H](O)[C@@H](O)[C@H](O)[C@H](O)CO)C(=O)N[C@@H](CCC(=O)O)C(=O)C[C@@H](CCC(=O)NC[C@H](O)[C@@H](O)[C@H](O)[C@H](O)CO)C(=O)N[C@@H](CCC(=O)O)C(=O)C[C@@H](CCC(=O)NC[C@H](O)[C@@H](O)[C@H](O)[C@H](O)CO)C(=O)N[C@@H](CC)C(=O)O. The third-order valence-corrected chi connectivity index (χ3v) is 14.3. The Morgan fingerprint density at radius 3 is 0.865 bits per heavy atom. The second-order valence-corrected chi connectivity index (χ2v) is 21.2. The standard InChI is InChI=1S/C53H90N6O30/c1-3-27(63)15-24(5-10-39(72)54-18-33(66)44(79)47(82)36(69)21-60)50(85)58-29(8-13-42(75)76)32(65)17-26(7-12-41(74)56-20-35(68)46(81)49(84)38(71)23-62)52(87)59-30(9-14-43(77)78)31(64)16-25(51(86)57-28(4-2)53(88)89)6-11-40(73)55-19-34(67)45(80)48(83)37(70)22-61/h24-26,28-30,33-38,44-49,60-62,66-71,79-84H,3-23H2,1-2H3,(H,54,72)(H,55,73)(H,56,74)(H,57,86)(H,58,85)(H,59,87)(H,75,76)(H,77,78)(H,88,89)/t24-,25-,26-,28+,29+,30+,33+,34+,35+,36-,37-,38-,44-,45-,46-,47-,48-,49-/m1/s1. The summed E-state index contributed by atoms with van der Waals surface area (Å²) >= 11 is 0. The van der Waals surface area contributed by atoms with Crippen LogP contribution in [-0.4, -0.2) is 293 Å². The minimum absolute atomic E-state index is 0.139. The van der Waals surface area contributed by atoms with Crippen molar-refractivity contribution in [2.24, 2.45) is 17.8 Å². The zero-order chi connectivity index (χ0) is 68.4.